The van der Waals surface area contributed by atoms with Gasteiger partial charge in [0, 0.05) is 36.0 Å². The number of aromatic nitrogens is 2. The Labute approximate surface area is 175 Å². The Morgan fingerprint density at radius 1 is 1.23 bits per heavy atom. The lowest BCUT2D eigenvalue weighted by Gasteiger charge is -2.18. The number of anilines is 3. The zero-order valence-electron chi connectivity index (χ0n) is 17.2. The van der Waals surface area contributed by atoms with Crippen LogP contribution in [0.2, 0.25) is 0 Å². The highest BCUT2D eigenvalue weighted by Crippen LogP contribution is 2.65. The second-order valence-corrected chi connectivity index (χ2v) is 8.64. The van der Waals surface area contributed by atoms with E-state index in [1.54, 1.807) is 6.20 Å². The minimum Gasteiger partial charge on any atom is -0.356 e. The summed E-state index contributed by atoms with van der Waals surface area (Å²) in [5, 5.41) is 6.21. The molecule has 1 aromatic carbocycles. The largest absolute Gasteiger partial charge is 0.356 e. The van der Waals surface area contributed by atoms with E-state index in [1.165, 1.54) is 6.92 Å². The van der Waals surface area contributed by atoms with E-state index < -0.39 is 0 Å². The number of rotatable bonds is 4. The van der Waals surface area contributed by atoms with Crippen molar-refractivity contribution in [1.29, 1.82) is 0 Å². The number of amides is 1. The molecule has 1 unspecified atom stereocenters. The summed E-state index contributed by atoms with van der Waals surface area (Å²) in [7, 11) is 0. The zero-order valence-corrected chi connectivity index (χ0v) is 17.2. The third kappa shape index (κ3) is 2.83. The first-order chi connectivity index (χ1) is 14.4. The van der Waals surface area contributed by atoms with Gasteiger partial charge in [0.15, 0.2) is 5.78 Å². The number of pyridine rings is 1. The predicted molar refractivity (Wildman–Crippen MR) is 117 cm³/mol. The van der Waals surface area contributed by atoms with Crippen LogP contribution in [-0.4, -0.2) is 21.7 Å². The fourth-order valence-electron chi connectivity index (χ4n) is 4.93. The van der Waals surface area contributed by atoms with Crippen molar-refractivity contribution in [3.63, 3.8) is 0 Å². The van der Waals surface area contributed by atoms with E-state index in [0.29, 0.717) is 11.7 Å². The number of carbonyl (C=O) groups is 2. The average Bonchev–Trinajstić information content (AvgIpc) is 3.08. The van der Waals surface area contributed by atoms with Crippen LogP contribution >= 0.6 is 0 Å². The zero-order chi connectivity index (χ0) is 21.0. The van der Waals surface area contributed by atoms with Crippen LogP contribution in [0.25, 0.3) is 11.3 Å². The summed E-state index contributed by atoms with van der Waals surface area (Å²) in [4.78, 5) is 32.6. The molecule has 0 spiro atoms. The molecule has 152 valence electrons. The van der Waals surface area contributed by atoms with Crippen LogP contribution in [0.1, 0.15) is 36.8 Å². The van der Waals surface area contributed by atoms with Crippen LogP contribution in [0, 0.1) is 17.3 Å². The number of para-hydroxylation sites is 1. The number of nitrogens with zero attached hydrogens (tertiary/aromatic N) is 1. The van der Waals surface area contributed by atoms with Gasteiger partial charge in [0.2, 0.25) is 5.91 Å². The molecule has 3 N–H and O–H groups in total. The fraction of sp³-hybridized carbons (Fsp3) is 0.292. The number of ketones is 1. The standard InChI is InChI=1S/C24H24N4O2/c1-13-20-23(30)19-17(12-24(13,20)3)28-21(22(19)27-16-7-5-4-6-8-16)15-9-10-25-18(11-15)26-14(2)29/h4-11,13,20,27-28H,12H2,1-3H3,(H,25,26,29)/t13-,20?,24-/m0/s1. The molecule has 6 heteroatoms. The van der Waals surface area contributed by atoms with E-state index >= 15 is 0 Å². The highest BCUT2D eigenvalue weighted by atomic mass is 16.1. The first-order valence-corrected chi connectivity index (χ1v) is 10.2. The van der Waals surface area contributed by atoms with Crippen molar-refractivity contribution in [2.24, 2.45) is 17.3 Å². The Morgan fingerprint density at radius 2 is 2.00 bits per heavy atom. The Bertz CT molecular complexity index is 1170. The number of H-pyrrole nitrogens is 1. The third-order valence-corrected chi connectivity index (χ3v) is 6.70. The third-order valence-electron chi connectivity index (χ3n) is 6.70. The van der Waals surface area contributed by atoms with E-state index in [2.05, 4.69) is 34.4 Å². The number of Topliss-reactive ketones (excluding diaryl/α,β-unsaturated/α-hetero) is 1. The second kappa shape index (κ2) is 6.55. The van der Waals surface area contributed by atoms with Crippen molar-refractivity contribution >= 4 is 28.9 Å². The van der Waals surface area contributed by atoms with Gasteiger partial charge in [-0.05, 0) is 42.0 Å². The van der Waals surface area contributed by atoms with Crippen LogP contribution in [0.4, 0.5) is 17.2 Å². The van der Waals surface area contributed by atoms with Gasteiger partial charge in [-0.1, -0.05) is 32.0 Å². The van der Waals surface area contributed by atoms with E-state index in [9.17, 15) is 9.59 Å². The van der Waals surface area contributed by atoms with Crippen LogP contribution < -0.4 is 10.6 Å². The second-order valence-electron chi connectivity index (χ2n) is 8.64. The maximum absolute atomic E-state index is 13.4. The highest BCUT2D eigenvalue weighted by molar-refractivity contribution is 6.10. The molecule has 1 amide bonds. The Kier molecular flexibility index (Phi) is 4.07. The lowest BCUT2D eigenvalue weighted by atomic mass is 9.87. The monoisotopic (exact) mass is 400 g/mol. The number of carbonyl (C=O) groups excluding carboxylic acids is 2. The first-order valence-electron chi connectivity index (χ1n) is 10.2. The molecule has 3 atom stereocenters. The van der Waals surface area contributed by atoms with Crippen molar-refractivity contribution in [1.82, 2.24) is 9.97 Å². The summed E-state index contributed by atoms with van der Waals surface area (Å²) in [6.45, 7) is 5.83. The van der Waals surface area contributed by atoms with E-state index in [4.69, 9.17) is 0 Å². The first kappa shape index (κ1) is 18.6. The van der Waals surface area contributed by atoms with Gasteiger partial charge in [0.1, 0.15) is 5.82 Å². The Morgan fingerprint density at radius 3 is 2.73 bits per heavy atom. The average molecular weight is 400 g/mol. The van der Waals surface area contributed by atoms with Crippen LogP contribution in [0.15, 0.2) is 48.7 Å². The number of aromatic amines is 1. The van der Waals surface area contributed by atoms with E-state index in [1.807, 2.05) is 42.5 Å². The van der Waals surface area contributed by atoms with Gasteiger partial charge >= 0.3 is 0 Å². The molecule has 0 saturated heterocycles. The molecule has 0 bridgehead atoms. The quantitative estimate of drug-likeness (QED) is 0.588. The number of hydrogen-bond donors (Lipinski definition) is 3. The van der Waals surface area contributed by atoms with Gasteiger partial charge in [0.25, 0.3) is 0 Å². The topological polar surface area (TPSA) is 86.9 Å². The minimum atomic E-state index is -0.176. The highest BCUT2D eigenvalue weighted by Gasteiger charge is 2.65. The molecule has 2 aliphatic rings. The minimum absolute atomic E-state index is 0.0375. The Hall–Kier alpha value is -3.41. The molecule has 5 rings (SSSR count). The van der Waals surface area contributed by atoms with Crippen LogP contribution in [0.3, 0.4) is 0 Å². The van der Waals surface area contributed by atoms with Crippen molar-refractivity contribution in [2.75, 3.05) is 10.6 Å². The molecule has 1 saturated carbocycles. The molecule has 2 heterocycles. The smallest absolute Gasteiger partial charge is 0.222 e. The summed E-state index contributed by atoms with van der Waals surface area (Å²) in [5.41, 5.74) is 5.19. The van der Waals surface area contributed by atoms with Crippen molar-refractivity contribution in [3.8, 4) is 11.3 Å². The maximum atomic E-state index is 13.4. The van der Waals surface area contributed by atoms with Crippen molar-refractivity contribution < 1.29 is 9.59 Å². The lowest BCUT2D eigenvalue weighted by molar-refractivity contribution is -0.114. The predicted octanol–water partition coefficient (Wildman–Crippen LogP) is 4.79. The fourth-order valence-corrected chi connectivity index (χ4v) is 4.93. The van der Waals surface area contributed by atoms with Crippen molar-refractivity contribution in [3.05, 3.63) is 59.9 Å². The lowest BCUT2D eigenvalue weighted by Crippen LogP contribution is -2.19. The molecular formula is C24H24N4O2. The van der Waals surface area contributed by atoms with Crippen LogP contribution in [-0.2, 0) is 11.2 Å². The number of fused-ring (bicyclic) bond motifs is 2. The van der Waals surface area contributed by atoms with Crippen molar-refractivity contribution in [2.45, 2.75) is 27.2 Å². The molecule has 6 nitrogen and oxygen atoms in total. The SMILES string of the molecule is CC(=O)Nc1cc(-c2[nH]c3c(c2Nc2ccccc2)C(=O)C2[C@H](C)[C@]2(C)C3)ccn1. The molecule has 0 radical (unpaired) electrons. The normalized spacial score (nSPS) is 24.0. The molecule has 1 fully saturated rings. The van der Waals surface area contributed by atoms with Gasteiger partial charge in [-0.25, -0.2) is 4.98 Å². The summed E-state index contributed by atoms with van der Waals surface area (Å²) in [5.74, 6) is 0.991. The summed E-state index contributed by atoms with van der Waals surface area (Å²) < 4.78 is 0. The summed E-state index contributed by atoms with van der Waals surface area (Å²) >= 11 is 0. The van der Waals surface area contributed by atoms with Gasteiger partial charge in [-0.15, -0.1) is 0 Å². The molecule has 30 heavy (non-hydrogen) atoms. The number of nitrogens with one attached hydrogen (secondary N) is 3. The summed E-state index contributed by atoms with van der Waals surface area (Å²) in [6, 6.07) is 13.6. The van der Waals surface area contributed by atoms with E-state index in [0.717, 1.165) is 40.3 Å². The van der Waals surface area contributed by atoms with E-state index in [-0.39, 0.29) is 23.0 Å². The molecular weight excluding hydrogens is 376 g/mol. The molecule has 2 aromatic heterocycles. The Balaban J connectivity index is 1.64. The molecule has 2 aliphatic carbocycles. The van der Waals surface area contributed by atoms with Gasteiger partial charge in [-0.2, -0.15) is 0 Å². The van der Waals surface area contributed by atoms with Gasteiger partial charge in [-0.3, -0.25) is 9.59 Å². The molecule has 0 aliphatic heterocycles. The van der Waals surface area contributed by atoms with Gasteiger partial charge < -0.3 is 15.6 Å². The maximum Gasteiger partial charge on any atom is 0.222 e. The van der Waals surface area contributed by atoms with Gasteiger partial charge in [0.05, 0.1) is 16.9 Å². The number of benzene rings is 1. The van der Waals surface area contributed by atoms with Crippen LogP contribution in [0.5, 0.6) is 0 Å². The number of hydrogen-bond acceptors (Lipinski definition) is 4. The molecule has 3 aromatic rings. The summed E-state index contributed by atoms with van der Waals surface area (Å²) in [6.07, 6.45) is 2.52.